The Balaban J connectivity index is 1.59. The number of aromatic nitrogens is 3. The Kier molecular flexibility index (Phi) is 6.11. The number of β-amino-alcohol motifs (C(OH)–C–C–N with tert-alkyl or cyclic N) is 1. The second kappa shape index (κ2) is 9.13. The van der Waals surface area contributed by atoms with Crippen LogP contribution >= 0.6 is 11.6 Å². The number of rotatable bonds is 6. The van der Waals surface area contributed by atoms with E-state index < -0.39 is 5.82 Å². The highest BCUT2D eigenvalue weighted by Gasteiger charge is 2.21. The van der Waals surface area contributed by atoms with Gasteiger partial charge in [0.2, 0.25) is 0 Å². The summed E-state index contributed by atoms with van der Waals surface area (Å²) in [5.74, 6) is 0.874. The van der Waals surface area contributed by atoms with Crippen LogP contribution in [-0.2, 0) is 0 Å². The van der Waals surface area contributed by atoms with E-state index in [2.05, 4.69) is 25.6 Å². The smallest absolute Gasteiger partial charge is 0.149 e. The van der Waals surface area contributed by atoms with Crippen molar-refractivity contribution < 1.29 is 9.50 Å². The third-order valence-corrected chi connectivity index (χ3v) is 5.22. The third-order valence-electron chi connectivity index (χ3n) is 4.92. The van der Waals surface area contributed by atoms with Crippen molar-refractivity contribution in [3.05, 3.63) is 58.8 Å². The third kappa shape index (κ3) is 4.59. The molecule has 1 saturated heterocycles. The van der Waals surface area contributed by atoms with Gasteiger partial charge in [-0.2, -0.15) is 5.26 Å². The Morgan fingerprint density at radius 3 is 2.72 bits per heavy atom. The first kappa shape index (κ1) is 21.4. The van der Waals surface area contributed by atoms with Crippen LogP contribution in [0.25, 0.3) is 0 Å². The van der Waals surface area contributed by atoms with Crippen molar-refractivity contribution in [3.8, 4) is 6.07 Å². The number of pyridine rings is 1. The van der Waals surface area contributed by atoms with E-state index in [4.69, 9.17) is 22.3 Å². The van der Waals surface area contributed by atoms with Crippen molar-refractivity contribution in [3.63, 3.8) is 0 Å². The average Bonchev–Trinajstić information content (AvgIpc) is 3.23. The first-order valence-electron chi connectivity index (χ1n) is 9.65. The summed E-state index contributed by atoms with van der Waals surface area (Å²) in [5, 5.41) is 32.3. The number of aliphatic hydroxyl groups excluding tert-OH is 1. The van der Waals surface area contributed by atoms with Gasteiger partial charge in [-0.1, -0.05) is 11.6 Å². The molecule has 32 heavy (non-hydrogen) atoms. The molecule has 1 aliphatic rings. The Morgan fingerprint density at radius 2 is 2.03 bits per heavy atom. The van der Waals surface area contributed by atoms with E-state index in [9.17, 15) is 9.50 Å². The lowest BCUT2D eigenvalue weighted by Crippen LogP contribution is -2.22. The molecule has 0 radical (unpaired) electrons. The summed E-state index contributed by atoms with van der Waals surface area (Å²) in [6.45, 7) is 1.21. The van der Waals surface area contributed by atoms with Crippen LogP contribution in [0.15, 0.2) is 36.8 Å². The Morgan fingerprint density at radius 1 is 1.22 bits per heavy atom. The summed E-state index contributed by atoms with van der Waals surface area (Å²) in [4.78, 5) is 14.7. The highest BCUT2D eigenvalue weighted by molar-refractivity contribution is 6.33. The van der Waals surface area contributed by atoms with E-state index in [0.717, 1.165) is 12.3 Å². The number of hydrogen-bond acceptors (Lipinski definition) is 9. The topological polar surface area (TPSA) is 134 Å². The standard InChI is InChI=1S/C21H18ClFN8O/c22-15-3-12(7-24)4-16(23)21(15)29-17-5-18(26-9-13(17)8-25)30-19-6-20(28-11-27-19)31-2-1-14(32)10-31/h3-6,8-9,11,14,25,32H,1-2,10H2,(H2,26,27,28,29,30)/t14-/m0/s1. The van der Waals surface area contributed by atoms with Gasteiger partial charge in [-0.3, -0.25) is 0 Å². The molecule has 162 valence electrons. The SMILES string of the molecule is N#Cc1cc(F)c(Nc2cc(Nc3cc(N4CC[C@H](O)C4)ncn3)ncc2C=N)c(Cl)c1. The minimum Gasteiger partial charge on any atom is -0.391 e. The van der Waals surface area contributed by atoms with Crippen LogP contribution in [-0.4, -0.2) is 45.5 Å². The lowest BCUT2D eigenvalue weighted by Gasteiger charge is -2.17. The van der Waals surface area contributed by atoms with E-state index in [1.807, 2.05) is 11.0 Å². The molecule has 0 amide bonds. The highest BCUT2D eigenvalue weighted by Crippen LogP contribution is 2.32. The largest absolute Gasteiger partial charge is 0.391 e. The number of nitrogens with zero attached hydrogens (tertiary/aromatic N) is 5. The molecule has 1 fully saturated rings. The number of nitrogens with one attached hydrogen (secondary N) is 3. The fraction of sp³-hybridized carbons (Fsp3) is 0.190. The van der Waals surface area contributed by atoms with Crippen molar-refractivity contribution in [2.75, 3.05) is 28.6 Å². The predicted octanol–water partition coefficient (Wildman–Crippen LogP) is 3.59. The molecule has 1 atom stereocenters. The minimum absolute atomic E-state index is 0.0113. The Hall–Kier alpha value is -3.81. The van der Waals surface area contributed by atoms with Crippen molar-refractivity contribution in [1.82, 2.24) is 15.0 Å². The molecule has 4 rings (SSSR count). The Bertz CT molecular complexity index is 1190. The molecule has 0 unspecified atom stereocenters. The molecular formula is C21H18ClFN8O. The van der Waals surface area contributed by atoms with Gasteiger partial charge in [0.15, 0.2) is 0 Å². The molecule has 1 aromatic carbocycles. The lowest BCUT2D eigenvalue weighted by atomic mass is 10.2. The minimum atomic E-state index is -0.690. The van der Waals surface area contributed by atoms with Crippen LogP contribution in [0.3, 0.4) is 0 Å². The van der Waals surface area contributed by atoms with Gasteiger partial charge in [-0.15, -0.1) is 0 Å². The number of aliphatic hydroxyl groups is 1. The number of anilines is 5. The maximum absolute atomic E-state index is 14.5. The molecular weight excluding hydrogens is 435 g/mol. The fourth-order valence-corrected chi connectivity index (χ4v) is 3.57. The first-order valence-corrected chi connectivity index (χ1v) is 10.0. The van der Waals surface area contributed by atoms with Crippen molar-refractivity contribution in [2.45, 2.75) is 12.5 Å². The van der Waals surface area contributed by atoms with Crippen LogP contribution in [0, 0.1) is 22.6 Å². The van der Waals surface area contributed by atoms with Gasteiger partial charge in [0, 0.05) is 43.2 Å². The summed E-state index contributed by atoms with van der Waals surface area (Å²) in [5.41, 5.74) is 0.889. The number of nitriles is 1. The van der Waals surface area contributed by atoms with Crippen LogP contribution in [0.4, 0.5) is 33.2 Å². The van der Waals surface area contributed by atoms with E-state index in [1.54, 1.807) is 12.1 Å². The van der Waals surface area contributed by atoms with Gasteiger partial charge in [0.05, 0.1) is 34.1 Å². The zero-order valence-electron chi connectivity index (χ0n) is 16.7. The zero-order valence-corrected chi connectivity index (χ0v) is 17.4. The summed E-state index contributed by atoms with van der Waals surface area (Å²) < 4.78 is 14.5. The second-order valence-electron chi connectivity index (χ2n) is 7.13. The van der Waals surface area contributed by atoms with Gasteiger partial charge in [-0.25, -0.2) is 19.3 Å². The molecule has 0 saturated carbocycles. The van der Waals surface area contributed by atoms with Crippen molar-refractivity contribution >= 4 is 46.6 Å². The highest BCUT2D eigenvalue weighted by atomic mass is 35.5. The van der Waals surface area contributed by atoms with Crippen LogP contribution in [0.2, 0.25) is 5.02 Å². The molecule has 0 aliphatic carbocycles. The van der Waals surface area contributed by atoms with E-state index in [-0.39, 0.29) is 22.4 Å². The van der Waals surface area contributed by atoms with Crippen LogP contribution in [0.1, 0.15) is 17.5 Å². The zero-order chi connectivity index (χ0) is 22.7. The van der Waals surface area contributed by atoms with Crippen molar-refractivity contribution in [1.29, 1.82) is 10.7 Å². The number of benzene rings is 1. The van der Waals surface area contributed by atoms with Gasteiger partial charge in [-0.05, 0) is 18.6 Å². The fourth-order valence-electron chi connectivity index (χ4n) is 3.32. The first-order chi connectivity index (χ1) is 15.5. The summed E-state index contributed by atoms with van der Waals surface area (Å²) in [6.07, 6.45) is 4.25. The van der Waals surface area contributed by atoms with Gasteiger partial charge < -0.3 is 26.0 Å². The van der Waals surface area contributed by atoms with Gasteiger partial charge in [0.25, 0.3) is 0 Å². The summed E-state index contributed by atoms with van der Waals surface area (Å²) >= 11 is 6.14. The molecule has 9 nitrogen and oxygen atoms in total. The molecule has 3 heterocycles. The van der Waals surface area contributed by atoms with Crippen LogP contribution in [0.5, 0.6) is 0 Å². The molecule has 1 aliphatic heterocycles. The van der Waals surface area contributed by atoms with Gasteiger partial charge in [0.1, 0.15) is 29.6 Å². The second-order valence-corrected chi connectivity index (χ2v) is 7.53. The van der Waals surface area contributed by atoms with Crippen molar-refractivity contribution in [2.24, 2.45) is 0 Å². The number of hydrogen-bond donors (Lipinski definition) is 4. The predicted molar refractivity (Wildman–Crippen MR) is 120 cm³/mol. The number of halogens is 2. The Labute approximate surface area is 188 Å². The maximum atomic E-state index is 14.5. The quantitative estimate of drug-likeness (QED) is 0.417. The average molecular weight is 453 g/mol. The molecule has 0 spiro atoms. The normalized spacial score (nSPS) is 15.3. The van der Waals surface area contributed by atoms with E-state index in [1.165, 1.54) is 18.6 Å². The molecule has 3 aromatic rings. The molecule has 11 heteroatoms. The van der Waals surface area contributed by atoms with E-state index >= 15 is 0 Å². The monoisotopic (exact) mass is 452 g/mol. The summed E-state index contributed by atoms with van der Waals surface area (Å²) in [7, 11) is 0. The maximum Gasteiger partial charge on any atom is 0.149 e. The molecule has 2 aromatic heterocycles. The summed E-state index contributed by atoms with van der Waals surface area (Å²) in [6, 6.07) is 7.62. The molecule has 0 bridgehead atoms. The van der Waals surface area contributed by atoms with E-state index in [0.29, 0.717) is 48.2 Å². The lowest BCUT2D eigenvalue weighted by molar-refractivity contribution is 0.198. The van der Waals surface area contributed by atoms with Gasteiger partial charge >= 0.3 is 0 Å². The van der Waals surface area contributed by atoms with Crippen LogP contribution < -0.4 is 15.5 Å². The molecule has 4 N–H and O–H groups in total.